The molecule has 0 spiro atoms. The van der Waals surface area contributed by atoms with E-state index in [1.807, 2.05) is 35.2 Å². The zero-order valence-electron chi connectivity index (χ0n) is 18.4. The molecule has 1 aromatic heterocycles. The lowest BCUT2D eigenvalue weighted by Gasteiger charge is -2.24. The van der Waals surface area contributed by atoms with Crippen LogP contribution in [0.25, 0.3) is 44.6 Å². The van der Waals surface area contributed by atoms with Gasteiger partial charge < -0.3 is 15.1 Å². The molecule has 1 heterocycles. The maximum atomic E-state index is 9.57. The summed E-state index contributed by atoms with van der Waals surface area (Å²) < 4.78 is 0. The number of hydrogen-bond donors (Lipinski definition) is 2. The Morgan fingerprint density at radius 3 is 1.88 bits per heavy atom. The molecule has 0 aliphatic heterocycles. The van der Waals surface area contributed by atoms with Crippen LogP contribution in [0.4, 0.5) is 5.69 Å². The molecule has 0 saturated carbocycles. The van der Waals surface area contributed by atoms with Gasteiger partial charge in [-0.15, -0.1) is 0 Å². The fraction of sp³-hybridized carbons (Fsp3) is 0.138. The summed E-state index contributed by atoms with van der Waals surface area (Å²) in [5, 5.41) is 25.0. The Kier molecular flexibility index (Phi) is 6.03. The average molecular weight is 435 g/mol. The molecule has 5 rings (SSSR count). The predicted octanol–water partition coefficient (Wildman–Crippen LogP) is 5.50. The maximum absolute atomic E-state index is 9.57. The van der Waals surface area contributed by atoms with E-state index in [1.54, 1.807) is 0 Å². The number of aromatic nitrogens is 1. The van der Waals surface area contributed by atoms with Crippen LogP contribution in [0, 0.1) is 0 Å². The highest BCUT2D eigenvalue weighted by Gasteiger charge is 2.12. The Morgan fingerprint density at radius 1 is 0.667 bits per heavy atom. The summed E-state index contributed by atoms with van der Waals surface area (Å²) in [5.74, 6) is 0. The van der Waals surface area contributed by atoms with Crippen LogP contribution in [0.5, 0.6) is 0 Å². The lowest BCUT2D eigenvalue weighted by Crippen LogP contribution is -2.30. The van der Waals surface area contributed by atoms with Gasteiger partial charge in [-0.2, -0.15) is 0 Å². The number of anilines is 1. The number of aliphatic hydroxyl groups is 2. The van der Waals surface area contributed by atoms with E-state index in [0.29, 0.717) is 13.1 Å². The van der Waals surface area contributed by atoms with Gasteiger partial charge in [0.25, 0.3) is 0 Å². The molecule has 0 saturated heterocycles. The monoisotopic (exact) mass is 434 g/mol. The van der Waals surface area contributed by atoms with Gasteiger partial charge in [0.2, 0.25) is 0 Å². The standard InChI is InChI=1S/C29H26N2O2/c32-17-15-31(16-18-33)29-20-23(30-28-12-6-5-11-27(28)29)13-14-26-24-9-3-1-7-21(24)19-22-8-2-4-10-25(22)26/h1-14,19-20,32-33H,15-18H2. The fourth-order valence-corrected chi connectivity index (χ4v) is 4.52. The van der Waals surface area contributed by atoms with E-state index in [4.69, 9.17) is 4.98 Å². The lowest BCUT2D eigenvalue weighted by atomic mass is 9.96. The van der Waals surface area contributed by atoms with Gasteiger partial charge in [0.1, 0.15) is 0 Å². The van der Waals surface area contributed by atoms with E-state index in [-0.39, 0.29) is 13.2 Å². The van der Waals surface area contributed by atoms with E-state index in [0.717, 1.165) is 22.3 Å². The van der Waals surface area contributed by atoms with Crippen molar-refractivity contribution in [3.05, 3.63) is 96.2 Å². The van der Waals surface area contributed by atoms with Crippen LogP contribution in [0.1, 0.15) is 11.3 Å². The number of fused-ring (bicyclic) bond motifs is 3. The highest BCUT2D eigenvalue weighted by molar-refractivity contribution is 6.08. The zero-order chi connectivity index (χ0) is 22.6. The predicted molar refractivity (Wildman–Crippen MR) is 139 cm³/mol. The minimum absolute atomic E-state index is 0.0177. The van der Waals surface area contributed by atoms with Gasteiger partial charge >= 0.3 is 0 Å². The Balaban J connectivity index is 1.67. The van der Waals surface area contributed by atoms with Crippen molar-refractivity contribution in [3.8, 4) is 0 Å². The summed E-state index contributed by atoms with van der Waals surface area (Å²) in [6, 6.07) is 29.2. The molecule has 2 N–H and O–H groups in total. The molecule has 0 unspecified atom stereocenters. The fourth-order valence-electron chi connectivity index (χ4n) is 4.52. The molecule has 33 heavy (non-hydrogen) atoms. The van der Waals surface area contributed by atoms with Crippen molar-refractivity contribution in [2.75, 3.05) is 31.2 Å². The highest BCUT2D eigenvalue weighted by atomic mass is 16.3. The molecule has 0 fully saturated rings. The molecule has 4 heteroatoms. The molecule has 4 nitrogen and oxygen atoms in total. The van der Waals surface area contributed by atoms with Gasteiger partial charge in [-0.25, -0.2) is 4.98 Å². The first-order chi connectivity index (χ1) is 16.3. The largest absolute Gasteiger partial charge is 0.395 e. The number of pyridine rings is 1. The van der Waals surface area contributed by atoms with Crippen LogP contribution in [-0.4, -0.2) is 41.5 Å². The molecule has 0 radical (unpaired) electrons. The van der Waals surface area contributed by atoms with Crippen molar-refractivity contribution in [1.29, 1.82) is 0 Å². The van der Waals surface area contributed by atoms with Crippen molar-refractivity contribution in [1.82, 2.24) is 4.98 Å². The molecule has 0 bridgehead atoms. The van der Waals surface area contributed by atoms with Gasteiger partial charge in [0.15, 0.2) is 0 Å². The Labute approximate surface area is 193 Å². The van der Waals surface area contributed by atoms with E-state index < -0.39 is 0 Å². The molecule has 4 aromatic carbocycles. The third kappa shape index (κ3) is 4.19. The molecule has 0 amide bonds. The van der Waals surface area contributed by atoms with Crippen molar-refractivity contribution < 1.29 is 10.2 Å². The van der Waals surface area contributed by atoms with E-state index in [9.17, 15) is 10.2 Å². The first-order valence-corrected chi connectivity index (χ1v) is 11.2. The van der Waals surface area contributed by atoms with Gasteiger partial charge in [-0.3, -0.25) is 0 Å². The van der Waals surface area contributed by atoms with Gasteiger partial charge in [-0.1, -0.05) is 72.8 Å². The lowest BCUT2D eigenvalue weighted by molar-refractivity contribution is 0.281. The van der Waals surface area contributed by atoms with Crippen LogP contribution >= 0.6 is 0 Å². The van der Waals surface area contributed by atoms with Crippen LogP contribution in [0.3, 0.4) is 0 Å². The third-order valence-corrected chi connectivity index (χ3v) is 6.03. The Hall–Kier alpha value is -3.73. The van der Waals surface area contributed by atoms with E-state index >= 15 is 0 Å². The first-order valence-electron chi connectivity index (χ1n) is 11.2. The molecule has 0 atom stereocenters. The van der Waals surface area contributed by atoms with Crippen LogP contribution in [0.2, 0.25) is 0 Å². The SMILES string of the molecule is OCCN(CCO)c1cc(C=Cc2c3ccccc3cc3ccccc23)nc2ccccc12. The maximum Gasteiger partial charge on any atom is 0.0730 e. The van der Waals surface area contributed by atoms with Crippen LogP contribution < -0.4 is 4.90 Å². The third-order valence-electron chi connectivity index (χ3n) is 6.03. The number of para-hydroxylation sites is 1. The molecule has 5 aromatic rings. The smallest absolute Gasteiger partial charge is 0.0730 e. The van der Waals surface area contributed by atoms with Crippen LogP contribution in [-0.2, 0) is 0 Å². The van der Waals surface area contributed by atoms with E-state index in [2.05, 4.69) is 66.7 Å². The summed E-state index contributed by atoms with van der Waals surface area (Å²) in [6.07, 6.45) is 4.20. The Bertz CT molecular complexity index is 1400. The molecule has 164 valence electrons. The van der Waals surface area contributed by atoms with Crippen LogP contribution in [0.15, 0.2) is 84.9 Å². The van der Waals surface area contributed by atoms with Crippen molar-refractivity contribution in [2.45, 2.75) is 0 Å². The van der Waals surface area contributed by atoms with Crippen molar-refractivity contribution in [2.24, 2.45) is 0 Å². The quantitative estimate of drug-likeness (QED) is 0.332. The van der Waals surface area contributed by atoms with Gasteiger partial charge in [-0.05, 0) is 51.4 Å². The van der Waals surface area contributed by atoms with E-state index in [1.165, 1.54) is 27.1 Å². The summed E-state index contributed by atoms with van der Waals surface area (Å²) >= 11 is 0. The number of aliphatic hydroxyl groups excluding tert-OH is 2. The summed E-state index contributed by atoms with van der Waals surface area (Å²) in [5.41, 5.74) is 3.86. The number of nitrogens with zero attached hydrogens (tertiary/aromatic N) is 2. The second kappa shape index (κ2) is 9.41. The van der Waals surface area contributed by atoms with Crippen molar-refractivity contribution >= 4 is 50.3 Å². The highest BCUT2D eigenvalue weighted by Crippen LogP contribution is 2.31. The Morgan fingerprint density at radius 2 is 1.24 bits per heavy atom. The number of hydrogen-bond acceptors (Lipinski definition) is 4. The average Bonchev–Trinajstić information content (AvgIpc) is 2.86. The normalized spacial score (nSPS) is 11.7. The summed E-state index contributed by atoms with van der Waals surface area (Å²) in [6.45, 7) is 0.936. The van der Waals surface area contributed by atoms with Crippen molar-refractivity contribution in [3.63, 3.8) is 0 Å². The molecular weight excluding hydrogens is 408 g/mol. The summed E-state index contributed by atoms with van der Waals surface area (Å²) in [4.78, 5) is 6.88. The number of benzene rings is 4. The van der Waals surface area contributed by atoms with Gasteiger partial charge in [0, 0.05) is 24.2 Å². The minimum Gasteiger partial charge on any atom is -0.395 e. The first kappa shape index (κ1) is 21.1. The zero-order valence-corrected chi connectivity index (χ0v) is 18.4. The topological polar surface area (TPSA) is 56.6 Å². The number of rotatable bonds is 7. The second-order valence-electron chi connectivity index (χ2n) is 8.08. The summed E-state index contributed by atoms with van der Waals surface area (Å²) in [7, 11) is 0. The van der Waals surface area contributed by atoms with Gasteiger partial charge in [0.05, 0.1) is 24.4 Å². The molecule has 0 aliphatic carbocycles. The molecule has 0 aliphatic rings. The minimum atomic E-state index is 0.0177. The molecular formula is C29H26N2O2. The second-order valence-corrected chi connectivity index (χ2v) is 8.08.